The van der Waals surface area contributed by atoms with Crippen molar-refractivity contribution in [2.75, 3.05) is 7.11 Å². The highest BCUT2D eigenvalue weighted by atomic mass is 32.1. The number of fused-ring (bicyclic) bond motifs is 1. The van der Waals surface area contributed by atoms with Gasteiger partial charge in [0.2, 0.25) is 4.96 Å². The van der Waals surface area contributed by atoms with Crippen LogP contribution in [0.4, 0.5) is 0 Å². The van der Waals surface area contributed by atoms with Crippen molar-refractivity contribution < 1.29 is 4.74 Å². The average molecular weight is 337 g/mol. The molecule has 0 saturated heterocycles. The SMILES string of the molecule is COc1ccc(CCc2nn3c(-c4ccncc4)nnc3s2)cc1. The lowest BCUT2D eigenvalue weighted by atomic mass is 10.1. The number of ether oxygens (including phenoxy) is 1. The van der Waals surface area contributed by atoms with Gasteiger partial charge in [0.25, 0.3) is 0 Å². The number of pyridine rings is 1. The Hall–Kier alpha value is -2.80. The minimum Gasteiger partial charge on any atom is -0.497 e. The molecule has 6 nitrogen and oxygen atoms in total. The van der Waals surface area contributed by atoms with E-state index in [1.165, 1.54) is 5.56 Å². The lowest BCUT2D eigenvalue weighted by molar-refractivity contribution is 0.414. The predicted molar refractivity (Wildman–Crippen MR) is 92.3 cm³/mol. The molecule has 0 aliphatic rings. The van der Waals surface area contributed by atoms with E-state index in [9.17, 15) is 0 Å². The quantitative estimate of drug-likeness (QED) is 0.560. The van der Waals surface area contributed by atoms with E-state index >= 15 is 0 Å². The topological polar surface area (TPSA) is 65.2 Å². The van der Waals surface area contributed by atoms with Gasteiger partial charge in [-0.05, 0) is 36.2 Å². The maximum absolute atomic E-state index is 5.18. The second-order valence-electron chi connectivity index (χ2n) is 5.30. The van der Waals surface area contributed by atoms with Crippen LogP contribution in [0.5, 0.6) is 5.75 Å². The maximum Gasteiger partial charge on any atom is 0.234 e. The summed E-state index contributed by atoms with van der Waals surface area (Å²) in [7, 11) is 1.68. The molecule has 0 N–H and O–H groups in total. The summed E-state index contributed by atoms with van der Waals surface area (Å²) in [5.74, 6) is 1.62. The van der Waals surface area contributed by atoms with Gasteiger partial charge in [-0.2, -0.15) is 9.61 Å². The van der Waals surface area contributed by atoms with E-state index in [2.05, 4.69) is 32.4 Å². The third kappa shape index (κ3) is 2.85. The van der Waals surface area contributed by atoms with Crippen molar-refractivity contribution in [3.05, 3.63) is 59.4 Å². The lowest BCUT2D eigenvalue weighted by Crippen LogP contribution is -1.95. The zero-order valence-corrected chi connectivity index (χ0v) is 13.9. The van der Waals surface area contributed by atoms with Crippen LogP contribution < -0.4 is 4.74 Å². The van der Waals surface area contributed by atoms with Crippen molar-refractivity contribution in [3.63, 3.8) is 0 Å². The van der Waals surface area contributed by atoms with Gasteiger partial charge in [0.1, 0.15) is 10.8 Å². The van der Waals surface area contributed by atoms with E-state index < -0.39 is 0 Å². The minimum absolute atomic E-state index is 0.749. The van der Waals surface area contributed by atoms with Crippen LogP contribution in [0.15, 0.2) is 48.8 Å². The Morgan fingerprint density at radius 2 is 1.79 bits per heavy atom. The average Bonchev–Trinajstić information content (AvgIpc) is 3.21. The van der Waals surface area contributed by atoms with Gasteiger partial charge in [-0.25, -0.2) is 0 Å². The molecular formula is C17H15N5OS. The molecule has 0 aliphatic heterocycles. The maximum atomic E-state index is 5.18. The first-order valence-electron chi connectivity index (χ1n) is 7.58. The number of methoxy groups -OCH3 is 1. The van der Waals surface area contributed by atoms with Crippen molar-refractivity contribution in [1.82, 2.24) is 24.8 Å². The Bertz CT molecular complexity index is 946. The highest BCUT2D eigenvalue weighted by Gasteiger charge is 2.13. The van der Waals surface area contributed by atoms with E-state index in [0.717, 1.165) is 39.9 Å². The number of benzene rings is 1. The largest absolute Gasteiger partial charge is 0.497 e. The highest BCUT2D eigenvalue weighted by molar-refractivity contribution is 7.16. The first-order chi connectivity index (χ1) is 11.8. The van der Waals surface area contributed by atoms with E-state index in [4.69, 9.17) is 4.74 Å². The number of hydrogen-bond donors (Lipinski definition) is 0. The third-order valence-corrected chi connectivity index (χ3v) is 4.72. The molecule has 0 amide bonds. The van der Waals surface area contributed by atoms with Crippen LogP contribution in [0.25, 0.3) is 16.3 Å². The Morgan fingerprint density at radius 3 is 2.54 bits per heavy atom. The summed E-state index contributed by atoms with van der Waals surface area (Å²) in [6.45, 7) is 0. The molecule has 24 heavy (non-hydrogen) atoms. The summed E-state index contributed by atoms with van der Waals surface area (Å²) in [5.41, 5.74) is 2.22. The summed E-state index contributed by atoms with van der Waals surface area (Å²) < 4.78 is 6.99. The Kier molecular flexibility index (Phi) is 3.92. The van der Waals surface area contributed by atoms with Crippen LogP contribution in [0.3, 0.4) is 0 Å². The van der Waals surface area contributed by atoms with Crippen LogP contribution in [-0.2, 0) is 12.8 Å². The molecule has 120 valence electrons. The predicted octanol–water partition coefficient (Wildman–Crippen LogP) is 3.04. The van der Waals surface area contributed by atoms with Gasteiger partial charge in [0, 0.05) is 24.4 Å². The normalized spacial score (nSPS) is 11.0. The molecule has 3 heterocycles. The van der Waals surface area contributed by atoms with E-state index in [-0.39, 0.29) is 0 Å². The fourth-order valence-corrected chi connectivity index (χ4v) is 3.31. The third-order valence-electron chi connectivity index (χ3n) is 3.76. The molecule has 4 aromatic rings. The summed E-state index contributed by atoms with van der Waals surface area (Å²) in [5, 5.41) is 14.2. The second kappa shape index (κ2) is 6.37. The van der Waals surface area contributed by atoms with Gasteiger partial charge in [-0.1, -0.05) is 23.5 Å². The fourth-order valence-electron chi connectivity index (χ4n) is 2.48. The zero-order chi connectivity index (χ0) is 16.4. The van der Waals surface area contributed by atoms with Crippen LogP contribution in [0.2, 0.25) is 0 Å². The molecule has 4 rings (SSSR count). The molecule has 3 aromatic heterocycles. The van der Waals surface area contributed by atoms with Gasteiger partial charge < -0.3 is 4.74 Å². The molecule has 0 spiro atoms. The number of aromatic nitrogens is 5. The molecule has 0 fully saturated rings. The molecule has 0 radical (unpaired) electrons. The molecule has 0 unspecified atom stereocenters. The van der Waals surface area contributed by atoms with Crippen molar-refractivity contribution in [2.24, 2.45) is 0 Å². The van der Waals surface area contributed by atoms with Crippen molar-refractivity contribution in [2.45, 2.75) is 12.8 Å². The van der Waals surface area contributed by atoms with Crippen LogP contribution in [0.1, 0.15) is 10.6 Å². The van der Waals surface area contributed by atoms with Crippen LogP contribution in [0, 0.1) is 0 Å². The number of rotatable bonds is 5. The van der Waals surface area contributed by atoms with Gasteiger partial charge >= 0.3 is 0 Å². The van der Waals surface area contributed by atoms with E-state index in [0.29, 0.717) is 0 Å². The Morgan fingerprint density at radius 1 is 1.00 bits per heavy atom. The molecule has 7 heteroatoms. The fraction of sp³-hybridized carbons (Fsp3) is 0.176. The van der Waals surface area contributed by atoms with E-state index in [1.54, 1.807) is 30.8 Å². The number of aryl methyl sites for hydroxylation is 2. The molecule has 1 aromatic carbocycles. The zero-order valence-electron chi connectivity index (χ0n) is 13.1. The minimum atomic E-state index is 0.749. The van der Waals surface area contributed by atoms with E-state index in [1.807, 2.05) is 28.8 Å². The second-order valence-corrected chi connectivity index (χ2v) is 6.34. The smallest absolute Gasteiger partial charge is 0.234 e. The molecule has 0 saturated carbocycles. The summed E-state index contributed by atoms with van der Waals surface area (Å²) in [4.78, 5) is 4.84. The number of hydrogen-bond acceptors (Lipinski definition) is 6. The highest BCUT2D eigenvalue weighted by Crippen LogP contribution is 2.22. The summed E-state index contributed by atoms with van der Waals surface area (Å²) >= 11 is 1.58. The summed E-state index contributed by atoms with van der Waals surface area (Å²) in [6.07, 6.45) is 5.29. The summed E-state index contributed by atoms with van der Waals surface area (Å²) in [6, 6.07) is 12.0. The number of nitrogens with zero attached hydrogens (tertiary/aromatic N) is 5. The first kappa shape index (κ1) is 14.8. The van der Waals surface area contributed by atoms with Gasteiger partial charge in [0.15, 0.2) is 5.82 Å². The molecular weight excluding hydrogens is 322 g/mol. The molecule has 0 bridgehead atoms. The van der Waals surface area contributed by atoms with Crippen molar-refractivity contribution in [3.8, 4) is 17.1 Å². The van der Waals surface area contributed by atoms with Crippen LogP contribution in [-0.4, -0.2) is 31.9 Å². The van der Waals surface area contributed by atoms with Crippen LogP contribution >= 0.6 is 11.3 Å². The Balaban J connectivity index is 1.54. The monoisotopic (exact) mass is 337 g/mol. The van der Waals surface area contributed by atoms with Crippen molar-refractivity contribution >= 4 is 16.3 Å². The van der Waals surface area contributed by atoms with Gasteiger partial charge in [0.05, 0.1) is 7.11 Å². The first-order valence-corrected chi connectivity index (χ1v) is 8.39. The molecule has 0 atom stereocenters. The van der Waals surface area contributed by atoms with Crippen molar-refractivity contribution in [1.29, 1.82) is 0 Å². The Labute approximate surface area is 142 Å². The van der Waals surface area contributed by atoms with Gasteiger partial charge in [-0.3, -0.25) is 4.98 Å². The molecule has 0 aliphatic carbocycles. The lowest BCUT2D eigenvalue weighted by Gasteiger charge is -2.02. The van der Waals surface area contributed by atoms with Gasteiger partial charge in [-0.15, -0.1) is 10.2 Å². The standard InChI is InChI=1S/C17H15N5OS/c1-23-14-5-2-12(3-6-14)4-7-15-21-22-16(19-20-17(22)24-15)13-8-10-18-11-9-13/h2-3,5-6,8-11H,4,7H2,1H3.